The Morgan fingerprint density at radius 3 is 2.04 bits per heavy atom. The van der Waals surface area contributed by atoms with E-state index in [1.165, 1.54) is 54.6 Å². The fourth-order valence-corrected chi connectivity index (χ4v) is 4.15. The molecule has 1 fully saturated rings. The molecule has 1 aliphatic carbocycles. The van der Waals surface area contributed by atoms with Gasteiger partial charge >= 0.3 is 0 Å². The Morgan fingerprint density at radius 2 is 1.42 bits per heavy atom. The summed E-state index contributed by atoms with van der Waals surface area (Å²) in [6.07, 6.45) is 8.82. The van der Waals surface area contributed by atoms with Crippen LogP contribution in [0.25, 0.3) is 0 Å². The molecule has 0 unspecified atom stereocenters. The van der Waals surface area contributed by atoms with Crippen molar-refractivity contribution >= 4 is 0 Å². The molecule has 0 bridgehead atoms. The molecule has 2 heteroatoms. The van der Waals surface area contributed by atoms with E-state index >= 15 is 0 Å². The zero-order valence-corrected chi connectivity index (χ0v) is 15.4. The Hall–Kier alpha value is -1.70. The van der Waals surface area contributed by atoms with Crippen LogP contribution in [0.2, 0.25) is 0 Å². The van der Waals surface area contributed by atoms with E-state index in [2.05, 4.69) is 49.2 Å². The summed E-state index contributed by atoms with van der Waals surface area (Å²) in [4.78, 5) is 9.34. The van der Waals surface area contributed by atoms with Gasteiger partial charge in [0.25, 0.3) is 0 Å². The molecule has 1 heterocycles. The molecule has 1 saturated carbocycles. The summed E-state index contributed by atoms with van der Waals surface area (Å²) >= 11 is 0. The molecule has 2 nitrogen and oxygen atoms in total. The van der Waals surface area contributed by atoms with Gasteiger partial charge in [0.2, 0.25) is 0 Å². The van der Waals surface area contributed by atoms with Crippen molar-refractivity contribution < 1.29 is 0 Å². The Bertz CT molecular complexity index is 655. The third-order valence-corrected chi connectivity index (χ3v) is 5.61. The number of benzene rings is 1. The number of aromatic nitrogens is 2. The van der Waals surface area contributed by atoms with E-state index in [4.69, 9.17) is 4.98 Å². The van der Waals surface area contributed by atoms with Gasteiger partial charge in [-0.15, -0.1) is 0 Å². The van der Waals surface area contributed by atoms with Gasteiger partial charge in [-0.05, 0) is 81.8 Å². The highest BCUT2D eigenvalue weighted by atomic mass is 14.9. The smallest absolute Gasteiger partial charge is 0.125 e. The summed E-state index contributed by atoms with van der Waals surface area (Å²) in [6, 6.07) is 11.0. The summed E-state index contributed by atoms with van der Waals surface area (Å²) in [5.74, 6) is 2.60. The van der Waals surface area contributed by atoms with E-state index in [1.807, 2.05) is 6.92 Å². The fraction of sp³-hybridized carbons (Fsp3) is 0.545. The summed E-state index contributed by atoms with van der Waals surface area (Å²) < 4.78 is 0. The van der Waals surface area contributed by atoms with Crippen molar-refractivity contribution in [2.45, 2.75) is 65.7 Å². The predicted molar refractivity (Wildman–Crippen MR) is 100 cm³/mol. The van der Waals surface area contributed by atoms with Crippen LogP contribution < -0.4 is 0 Å². The Kier molecular flexibility index (Phi) is 5.65. The zero-order chi connectivity index (χ0) is 16.9. The van der Waals surface area contributed by atoms with Gasteiger partial charge in [0.15, 0.2) is 0 Å². The second-order valence-electron chi connectivity index (χ2n) is 7.42. The van der Waals surface area contributed by atoms with Crippen LogP contribution in [0.1, 0.15) is 60.9 Å². The SMILES string of the molecule is CCc1nc(C)nc(CC2CCC(Cc3ccccc3)CC2)c1C. The molecule has 0 aliphatic heterocycles. The van der Waals surface area contributed by atoms with E-state index in [1.54, 1.807) is 0 Å². The van der Waals surface area contributed by atoms with Gasteiger partial charge in [-0.25, -0.2) is 9.97 Å². The van der Waals surface area contributed by atoms with Gasteiger partial charge in [-0.1, -0.05) is 37.3 Å². The van der Waals surface area contributed by atoms with Gasteiger partial charge in [-0.2, -0.15) is 0 Å². The van der Waals surface area contributed by atoms with Gasteiger partial charge in [0.1, 0.15) is 5.82 Å². The van der Waals surface area contributed by atoms with E-state index in [9.17, 15) is 0 Å². The minimum Gasteiger partial charge on any atom is -0.238 e. The van der Waals surface area contributed by atoms with Gasteiger partial charge in [0.05, 0.1) is 0 Å². The van der Waals surface area contributed by atoms with Crippen LogP contribution >= 0.6 is 0 Å². The van der Waals surface area contributed by atoms with E-state index in [-0.39, 0.29) is 0 Å². The number of rotatable bonds is 5. The maximum atomic E-state index is 4.75. The molecular weight excluding hydrogens is 292 g/mol. The second kappa shape index (κ2) is 7.92. The predicted octanol–water partition coefficient (Wildman–Crippen LogP) is 5.25. The van der Waals surface area contributed by atoms with Crippen molar-refractivity contribution in [3.05, 3.63) is 58.7 Å². The molecule has 0 spiro atoms. The van der Waals surface area contributed by atoms with Gasteiger partial charge in [0, 0.05) is 11.4 Å². The normalized spacial score (nSPS) is 21.0. The van der Waals surface area contributed by atoms with Crippen molar-refractivity contribution in [1.82, 2.24) is 9.97 Å². The highest BCUT2D eigenvalue weighted by Crippen LogP contribution is 2.33. The molecule has 2 aromatic rings. The van der Waals surface area contributed by atoms with Crippen molar-refractivity contribution in [2.75, 3.05) is 0 Å². The first-order valence-corrected chi connectivity index (χ1v) is 9.52. The lowest BCUT2D eigenvalue weighted by molar-refractivity contribution is 0.270. The third kappa shape index (κ3) is 4.23. The molecule has 1 aromatic heterocycles. The minimum atomic E-state index is 0.801. The first-order valence-electron chi connectivity index (χ1n) is 9.52. The summed E-state index contributed by atoms with van der Waals surface area (Å²) in [7, 11) is 0. The quantitative estimate of drug-likeness (QED) is 0.751. The Morgan fingerprint density at radius 1 is 0.833 bits per heavy atom. The van der Waals surface area contributed by atoms with E-state index < -0.39 is 0 Å². The van der Waals surface area contributed by atoms with Gasteiger partial charge < -0.3 is 0 Å². The highest BCUT2D eigenvalue weighted by Gasteiger charge is 2.23. The molecule has 0 saturated heterocycles. The Labute approximate surface area is 146 Å². The standard InChI is InChI=1S/C22H30N2/c1-4-21-16(2)22(24-17(3)23-21)15-20-12-10-19(11-13-20)14-18-8-6-5-7-9-18/h5-9,19-20H,4,10-15H2,1-3H3. The average Bonchev–Trinajstić information content (AvgIpc) is 2.60. The third-order valence-electron chi connectivity index (χ3n) is 5.61. The van der Waals surface area contributed by atoms with Crippen molar-refractivity contribution in [3.63, 3.8) is 0 Å². The molecule has 0 radical (unpaired) electrons. The second-order valence-corrected chi connectivity index (χ2v) is 7.42. The molecule has 0 N–H and O–H groups in total. The summed E-state index contributed by atoms with van der Waals surface area (Å²) in [5.41, 5.74) is 5.35. The van der Waals surface area contributed by atoms with Crippen LogP contribution in [0.5, 0.6) is 0 Å². The van der Waals surface area contributed by atoms with Crippen LogP contribution in [-0.2, 0) is 19.3 Å². The first-order chi connectivity index (χ1) is 11.7. The Balaban J connectivity index is 1.57. The lowest BCUT2D eigenvalue weighted by Crippen LogP contribution is -2.19. The molecule has 24 heavy (non-hydrogen) atoms. The van der Waals surface area contributed by atoms with E-state index in [0.29, 0.717) is 0 Å². The van der Waals surface area contributed by atoms with Crippen molar-refractivity contribution in [3.8, 4) is 0 Å². The largest absolute Gasteiger partial charge is 0.238 e. The zero-order valence-electron chi connectivity index (χ0n) is 15.4. The van der Waals surface area contributed by atoms with E-state index in [0.717, 1.165) is 30.5 Å². The van der Waals surface area contributed by atoms with Crippen LogP contribution in [0.3, 0.4) is 0 Å². The fourth-order valence-electron chi connectivity index (χ4n) is 4.15. The topological polar surface area (TPSA) is 25.8 Å². The molecule has 3 rings (SSSR count). The van der Waals surface area contributed by atoms with Crippen molar-refractivity contribution in [1.29, 1.82) is 0 Å². The van der Waals surface area contributed by atoms with Gasteiger partial charge in [-0.3, -0.25) is 0 Å². The highest BCUT2D eigenvalue weighted by molar-refractivity contribution is 5.25. The number of hydrogen-bond acceptors (Lipinski definition) is 2. The monoisotopic (exact) mass is 322 g/mol. The van der Waals surface area contributed by atoms with Crippen LogP contribution in [0, 0.1) is 25.7 Å². The van der Waals surface area contributed by atoms with Crippen LogP contribution in [-0.4, -0.2) is 9.97 Å². The maximum Gasteiger partial charge on any atom is 0.125 e. The molecule has 128 valence electrons. The molecule has 1 aliphatic rings. The lowest BCUT2D eigenvalue weighted by Gasteiger charge is -2.29. The lowest BCUT2D eigenvalue weighted by atomic mass is 9.77. The summed E-state index contributed by atoms with van der Waals surface area (Å²) in [6.45, 7) is 6.42. The molecule has 0 amide bonds. The average molecular weight is 322 g/mol. The number of nitrogens with zero attached hydrogens (tertiary/aromatic N) is 2. The number of aryl methyl sites for hydroxylation is 2. The minimum absolute atomic E-state index is 0.801. The molecule has 0 atom stereocenters. The number of hydrogen-bond donors (Lipinski definition) is 0. The molecular formula is C22H30N2. The maximum absolute atomic E-state index is 4.75. The van der Waals surface area contributed by atoms with Crippen LogP contribution in [0.15, 0.2) is 30.3 Å². The van der Waals surface area contributed by atoms with Crippen LogP contribution in [0.4, 0.5) is 0 Å². The summed E-state index contributed by atoms with van der Waals surface area (Å²) in [5, 5.41) is 0. The first kappa shape index (κ1) is 17.1. The molecule has 1 aromatic carbocycles. The van der Waals surface area contributed by atoms with Crippen molar-refractivity contribution in [2.24, 2.45) is 11.8 Å².